The third kappa shape index (κ3) is 3.30. The summed E-state index contributed by atoms with van der Waals surface area (Å²) in [6, 6.07) is 18.4. The fourth-order valence-corrected chi connectivity index (χ4v) is 3.53. The van der Waals surface area contributed by atoms with Crippen LogP contribution in [-0.2, 0) is 5.60 Å². The second kappa shape index (κ2) is 6.44. The molecule has 3 aromatic rings. The summed E-state index contributed by atoms with van der Waals surface area (Å²) in [6.07, 6.45) is 0. The minimum atomic E-state index is -1.16. The van der Waals surface area contributed by atoms with Crippen molar-refractivity contribution >= 4 is 27.3 Å². The van der Waals surface area contributed by atoms with Crippen LogP contribution in [0.25, 0.3) is 10.1 Å². The molecule has 1 atom stereocenters. The van der Waals surface area contributed by atoms with Crippen molar-refractivity contribution in [3.05, 3.63) is 70.6 Å². The molecule has 1 heterocycles. The predicted octanol–water partition coefficient (Wildman–Crippen LogP) is 3.41. The van der Waals surface area contributed by atoms with Crippen LogP contribution in [0, 0.1) is 11.3 Å². The summed E-state index contributed by atoms with van der Waals surface area (Å²) >= 11 is 1.51. The van der Waals surface area contributed by atoms with Crippen molar-refractivity contribution in [1.29, 1.82) is 5.26 Å². The molecule has 120 valence electrons. The Kier molecular flexibility index (Phi) is 4.34. The second-order valence-corrected chi connectivity index (χ2v) is 6.88. The molecular weight excluding hydrogens is 320 g/mol. The first-order valence-electron chi connectivity index (χ1n) is 7.49. The Morgan fingerprint density at radius 3 is 2.79 bits per heavy atom. The van der Waals surface area contributed by atoms with Gasteiger partial charge in [0.1, 0.15) is 5.60 Å². The topological polar surface area (TPSA) is 73.1 Å². The van der Waals surface area contributed by atoms with Gasteiger partial charge in [-0.15, -0.1) is 11.3 Å². The van der Waals surface area contributed by atoms with Crippen LogP contribution in [0.4, 0.5) is 0 Å². The Bertz CT molecular complexity index is 905. The number of carbonyl (C=O) groups is 1. The zero-order valence-corrected chi connectivity index (χ0v) is 13.9. The molecule has 5 heteroatoms. The molecule has 0 unspecified atom stereocenters. The highest BCUT2D eigenvalue weighted by Gasteiger charge is 2.26. The number of carbonyl (C=O) groups excluding carboxylic acids is 1. The molecule has 0 saturated heterocycles. The van der Waals surface area contributed by atoms with Crippen LogP contribution in [0.5, 0.6) is 0 Å². The molecule has 0 aliphatic heterocycles. The number of hydrogen-bond donors (Lipinski definition) is 2. The van der Waals surface area contributed by atoms with Crippen LogP contribution in [0.1, 0.15) is 27.7 Å². The van der Waals surface area contributed by atoms with Crippen molar-refractivity contribution < 1.29 is 9.90 Å². The van der Waals surface area contributed by atoms with Gasteiger partial charge in [0.05, 0.1) is 18.2 Å². The standard InChI is InChI=1S/C19H16N2O2S/c1-19(23,17-10-14-6-2-3-8-16(14)24-17)12-21-18(22)15-7-4-5-13(9-15)11-20/h2-10,23H,12H2,1H3,(H,21,22)/t19-/m1/s1. The summed E-state index contributed by atoms with van der Waals surface area (Å²) in [7, 11) is 0. The first-order chi connectivity index (χ1) is 11.5. The molecule has 24 heavy (non-hydrogen) atoms. The van der Waals surface area contributed by atoms with Crippen molar-refractivity contribution in [2.45, 2.75) is 12.5 Å². The van der Waals surface area contributed by atoms with E-state index >= 15 is 0 Å². The summed E-state index contributed by atoms with van der Waals surface area (Å²) in [5.41, 5.74) is -0.327. The minimum Gasteiger partial charge on any atom is -0.383 e. The molecule has 3 rings (SSSR count). The van der Waals surface area contributed by atoms with Gasteiger partial charge in [0.25, 0.3) is 5.91 Å². The Hall–Kier alpha value is -2.68. The monoisotopic (exact) mass is 336 g/mol. The summed E-state index contributed by atoms with van der Waals surface area (Å²) in [5, 5.41) is 23.4. The van der Waals surface area contributed by atoms with E-state index in [-0.39, 0.29) is 12.5 Å². The molecule has 0 radical (unpaired) electrons. The van der Waals surface area contributed by atoms with Gasteiger partial charge >= 0.3 is 0 Å². The molecule has 0 fully saturated rings. The quantitative estimate of drug-likeness (QED) is 0.767. The molecule has 2 aromatic carbocycles. The zero-order valence-electron chi connectivity index (χ0n) is 13.1. The predicted molar refractivity (Wildman–Crippen MR) is 94.9 cm³/mol. The Morgan fingerprint density at radius 2 is 2.04 bits per heavy atom. The number of nitrogens with zero attached hydrogens (tertiary/aromatic N) is 1. The zero-order chi connectivity index (χ0) is 17.2. The second-order valence-electron chi connectivity index (χ2n) is 5.80. The lowest BCUT2D eigenvalue weighted by molar-refractivity contribution is 0.0557. The number of benzene rings is 2. The smallest absolute Gasteiger partial charge is 0.251 e. The van der Waals surface area contributed by atoms with E-state index < -0.39 is 5.60 Å². The van der Waals surface area contributed by atoms with E-state index in [9.17, 15) is 9.90 Å². The van der Waals surface area contributed by atoms with Crippen LogP contribution in [0.3, 0.4) is 0 Å². The highest BCUT2D eigenvalue weighted by molar-refractivity contribution is 7.19. The molecule has 4 nitrogen and oxygen atoms in total. The maximum absolute atomic E-state index is 12.2. The third-order valence-corrected chi connectivity index (χ3v) is 5.17. The first kappa shape index (κ1) is 16.2. The fraction of sp³-hybridized carbons (Fsp3) is 0.158. The van der Waals surface area contributed by atoms with Crippen molar-refractivity contribution in [1.82, 2.24) is 5.32 Å². The number of thiophene rings is 1. The van der Waals surface area contributed by atoms with Crippen LogP contribution >= 0.6 is 11.3 Å². The molecule has 0 spiro atoms. The Labute approximate surface area is 144 Å². The Balaban J connectivity index is 1.74. The van der Waals surface area contributed by atoms with Gasteiger partial charge in [-0.25, -0.2) is 0 Å². The average molecular weight is 336 g/mol. The van der Waals surface area contributed by atoms with Gasteiger partial charge in [0, 0.05) is 15.1 Å². The van der Waals surface area contributed by atoms with E-state index in [1.54, 1.807) is 25.1 Å². The van der Waals surface area contributed by atoms with Gasteiger partial charge in [-0.3, -0.25) is 4.79 Å². The highest BCUT2D eigenvalue weighted by atomic mass is 32.1. The molecule has 2 N–H and O–H groups in total. The largest absolute Gasteiger partial charge is 0.383 e. The number of rotatable bonds is 4. The lowest BCUT2D eigenvalue weighted by atomic mass is 10.0. The van der Waals surface area contributed by atoms with Gasteiger partial charge < -0.3 is 10.4 Å². The van der Waals surface area contributed by atoms with Gasteiger partial charge in [-0.2, -0.15) is 5.26 Å². The van der Waals surface area contributed by atoms with E-state index in [1.807, 2.05) is 36.4 Å². The van der Waals surface area contributed by atoms with Crippen LogP contribution in [0.2, 0.25) is 0 Å². The Morgan fingerprint density at radius 1 is 1.25 bits per heavy atom. The van der Waals surface area contributed by atoms with Crippen molar-refractivity contribution in [2.24, 2.45) is 0 Å². The lowest BCUT2D eigenvalue weighted by Gasteiger charge is -2.22. The maximum Gasteiger partial charge on any atom is 0.251 e. The van der Waals surface area contributed by atoms with Crippen molar-refractivity contribution in [2.75, 3.05) is 6.54 Å². The molecule has 1 aromatic heterocycles. The maximum atomic E-state index is 12.2. The molecule has 1 amide bonds. The molecule has 0 bridgehead atoms. The van der Waals surface area contributed by atoms with E-state index in [4.69, 9.17) is 5.26 Å². The van der Waals surface area contributed by atoms with Gasteiger partial charge in [0.15, 0.2) is 0 Å². The van der Waals surface area contributed by atoms with Gasteiger partial charge in [-0.1, -0.05) is 24.3 Å². The summed E-state index contributed by atoms with van der Waals surface area (Å²) in [4.78, 5) is 13.0. The lowest BCUT2D eigenvalue weighted by Crippen LogP contribution is -2.38. The highest BCUT2D eigenvalue weighted by Crippen LogP contribution is 2.32. The summed E-state index contributed by atoms with van der Waals surface area (Å²) in [6.45, 7) is 1.78. The summed E-state index contributed by atoms with van der Waals surface area (Å²) in [5.74, 6) is -0.312. The number of hydrogen-bond acceptors (Lipinski definition) is 4. The summed E-state index contributed by atoms with van der Waals surface area (Å²) < 4.78 is 1.10. The molecule has 0 aliphatic rings. The van der Waals surface area contributed by atoms with E-state index in [0.717, 1.165) is 15.0 Å². The fourth-order valence-electron chi connectivity index (χ4n) is 2.42. The number of amides is 1. The molecule has 0 aliphatic carbocycles. The van der Waals surface area contributed by atoms with Gasteiger partial charge in [0.2, 0.25) is 0 Å². The van der Waals surface area contributed by atoms with Crippen LogP contribution < -0.4 is 5.32 Å². The van der Waals surface area contributed by atoms with Crippen molar-refractivity contribution in [3.63, 3.8) is 0 Å². The number of nitriles is 1. The average Bonchev–Trinajstić information content (AvgIpc) is 3.05. The van der Waals surface area contributed by atoms with Crippen LogP contribution in [0.15, 0.2) is 54.6 Å². The first-order valence-corrected chi connectivity index (χ1v) is 8.31. The van der Waals surface area contributed by atoms with E-state index in [1.165, 1.54) is 17.4 Å². The van der Waals surface area contributed by atoms with Crippen molar-refractivity contribution in [3.8, 4) is 6.07 Å². The van der Waals surface area contributed by atoms with Crippen LogP contribution in [-0.4, -0.2) is 17.6 Å². The van der Waals surface area contributed by atoms with Gasteiger partial charge in [-0.05, 0) is 42.6 Å². The van der Waals surface area contributed by atoms with E-state index in [0.29, 0.717) is 11.1 Å². The minimum absolute atomic E-state index is 0.0927. The number of fused-ring (bicyclic) bond motifs is 1. The SMILES string of the molecule is C[C@@](O)(CNC(=O)c1cccc(C#N)c1)c1cc2ccccc2s1. The number of aliphatic hydroxyl groups is 1. The normalized spacial score (nSPS) is 13.2. The molecule has 0 saturated carbocycles. The molecular formula is C19H16N2O2S. The third-order valence-electron chi connectivity index (χ3n) is 3.80. The van der Waals surface area contributed by atoms with E-state index in [2.05, 4.69) is 5.32 Å². The number of nitrogens with one attached hydrogen (secondary N) is 1.